The van der Waals surface area contributed by atoms with Gasteiger partial charge in [0, 0.05) is 46.6 Å². The fourth-order valence-electron chi connectivity index (χ4n) is 4.31. The van der Waals surface area contributed by atoms with Crippen LogP contribution in [0.1, 0.15) is 36.6 Å². The quantitative estimate of drug-likeness (QED) is 0.453. The van der Waals surface area contributed by atoms with Gasteiger partial charge in [0.05, 0.1) is 0 Å². The predicted octanol–water partition coefficient (Wildman–Crippen LogP) is 4.83. The molecule has 0 aromatic carbocycles. The van der Waals surface area contributed by atoms with E-state index in [-0.39, 0.29) is 17.7 Å². The van der Waals surface area contributed by atoms with E-state index in [4.69, 9.17) is 11.6 Å². The zero-order chi connectivity index (χ0) is 22.8. The number of rotatable bonds is 7. The van der Waals surface area contributed by atoms with Crippen molar-refractivity contribution in [1.82, 2.24) is 20.2 Å². The van der Waals surface area contributed by atoms with Crippen LogP contribution in [0.5, 0.6) is 0 Å². The molecule has 2 N–H and O–H groups in total. The number of carbonyl (C=O) groups excluding carboxylic acids is 2. The summed E-state index contributed by atoms with van der Waals surface area (Å²) in [6, 6.07) is 5.50. The third-order valence-electron chi connectivity index (χ3n) is 6.08. The third-order valence-corrected chi connectivity index (χ3v) is 8.58. The van der Waals surface area contributed by atoms with Crippen molar-refractivity contribution in [2.75, 3.05) is 0 Å². The Kier molecular flexibility index (Phi) is 7.22. The second kappa shape index (κ2) is 9.93. The molecule has 6 nitrogen and oxygen atoms in total. The monoisotopic (exact) mass is 536 g/mol. The smallest absolute Gasteiger partial charge is 0.242 e. The Bertz CT molecular complexity index is 1120. The molecule has 3 atom stereocenters. The maximum Gasteiger partial charge on any atom is 0.242 e. The number of hydrogen-bond donors (Lipinski definition) is 2. The van der Waals surface area contributed by atoms with Gasteiger partial charge in [0.25, 0.3) is 0 Å². The molecule has 3 aromatic heterocycles. The summed E-state index contributed by atoms with van der Waals surface area (Å²) in [7, 11) is 1.95. The lowest BCUT2D eigenvalue weighted by molar-refractivity contribution is -0.130. The highest BCUT2D eigenvalue weighted by Crippen LogP contribution is 2.38. The van der Waals surface area contributed by atoms with E-state index in [1.165, 1.54) is 4.88 Å². The minimum atomic E-state index is -0.581. The number of hydrogen-bond acceptors (Lipinski definition) is 4. The minimum Gasteiger partial charge on any atom is -0.350 e. The first kappa shape index (κ1) is 23.3. The second-order valence-electron chi connectivity index (χ2n) is 8.55. The fraction of sp³-hybridized carbons (Fsp3) is 0.435. The summed E-state index contributed by atoms with van der Waals surface area (Å²) in [4.78, 5) is 30.9. The lowest BCUT2D eigenvalue weighted by Crippen LogP contribution is -2.46. The number of amides is 2. The van der Waals surface area contributed by atoms with Gasteiger partial charge in [-0.2, -0.15) is 0 Å². The van der Waals surface area contributed by atoms with Crippen LogP contribution < -0.4 is 10.6 Å². The van der Waals surface area contributed by atoms with Gasteiger partial charge in [0.15, 0.2) is 0 Å². The normalized spacial score (nSPS) is 19.2. The average molecular weight is 538 g/mol. The Morgan fingerprint density at radius 2 is 2.19 bits per heavy atom. The van der Waals surface area contributed by atoms with Gasteiger partial charge in [-0.15, -0.1) is 11.3 Å². The molecule has 3 aromatic rings. The molecule has 0 aliphatic heterocycles. The largest absolute Gasteiger partial charge is 0.350 e. The van der Waals surface area contributed by atoms with Crippen molar-refractivity contribution >= 4 is 61.7 Å². The Balaban J connectivity index is 1.24. The summed E-state index contributed by atoms with van der Waals surface area (Å²) in [5, 5.41) is 6.83. The van der Waals surface area contributed by atoms with Crippen molar-refractivity contribution < 1.29 is 9.59 Å². The molecule has 1 saturated carbocycles. The minimum absolute atomic E-state index is 0.0343. The maximum atomic E-state index is 12.7. The molecule has 1 aliphatic carbocycles. The summed E-state index contributed by atoms with van der Waals surface area (Å²) in [5.41, 5.74) is 1.83. The van der Waals surface area contributed by atoms with Crippen LogP contribution in [0.2, 0.25) is 4.34 Å². The number of fused-ring (bicyclic) bond motifs is 1. The zero-order valence-corrected chi connectivity index (χ0v) is 21.2. The highest BCUT2D eigenvalue weighted by Gasteiger charge is 2.31. The first-order chi connectivity index (χ1) is 15.3. The maximum absolute atomic E-state index is 12.7. The number of pyridine rings is 1. The number of nitrogens with one attached hydrogen (secondary N) is 2. The number of aromatic nitrogens is 2. The summed E-state index contributed by atoms with van der Waals surface area (Å²) in [6.45, 7) is 2.10. The predicted molar refractivity (Wildman–Crippen MR) is 132 cm³/mol. The summed E-state index contributed by atoms with van der Waals surface area (Å²) >= 11 is 11.2. The van der Waals surface area contributed by atoms with E-state index in [0.717, 1.165) is 51.1 Å². The van der Waals surface area contributed by atoms with Crippen LogP contribution in [-0.4, -0.2) is 27.4 Å². The van der Waals surface area contributed by atoms with Gasteiger partial charge in [-0.3, -0.25) is 9.59 Å². The Morgan fingerprint density at radius 1 is 1.38 bits per heavy atom. The van der Waals surface area contributed by atoms with Crippen LogP contribution in [0.25, 0.3) is 11.0 Å². The van der Waals surface area contributed by atoms with Crippen LogP contribution in [0.4, 0.5) is 0 Å². The van der Waals surface area contributed by atoms with Crippen molar-refractivity contribution in [1.29, 1.82) is 0 Å². The molecular formula is C23H26BrClN4O2S. The number of carbonyl (C=O) groups is 2. The molecule has 0 radical (unpaired) electrons. The van der Waals surface area contributed by atoms with E-state index in [9.17, 15) is 9.59 Å². The SMILES string of the molecule is C[C@H](NC(=O)C1CC[C@@H](Cc2cc(Br)c(Cl)s2)C1)C(=O)NCc1cnc2c(ccn2C)c1. The molecule has 0 saturated heterocycles. The van der Waals surface area contributed by atoms with E-state index >= 15 is 0 Å². The van der Waals surface area contributed by atoms with Crippen LogP contribution in [-0.2, 0) is 29.6 Å². The van der Waals surface area contributed by atoms with E-state index in [1.807, 2.05) is 29.9 Å². The standard InChI is InChI=1S/C23H26BrClN4O2S/c1-13(22(30)27-12-15-8-16-5-6-29(2)21(16)26-11-15)28-23(31)17-4-3-14(7-17)9-18-10-19(24)20(25)32-18/h5-6,8,10-11,13-14,17H,3-4,7,9,12H2,1-2H3,(H,27,30)(H,28,31)/t13-,14+,17?/m0/s1. The topological polar surface area (TPSA) is 76.0 Å². The van der Waals surface area contributed by atoms with Gasteiger partial charge in [-0.1, -0.05) is 11.6 Å². The summed E-state index contributed by atoms with van der Waals surface area (Å²) in [6.07, 6.45) is 7.38. The molecule has 2 amide bonds. The molecule has 1 unspecified atom stereocenters. The molecule has 32 heavy (non-hydrogen) atoms. The molecular weight excluding hydrogens is 512 g/mol. The summed E-state index contributed by atoms with van der Waals surface area (Å²) < 4.78 is 3.66. The van der Waals surface area contributed by atoms with Crippen molar-refractivity contribution in [3.8, 4) is 0 Å². The Hall–Kier alpha value is -1.90. The molecule has 1 fully saturated rings. The highest BCUT2D eigenvalue weighted by molar-refractivity contribution is 9.10. The van der Waals surface area contributed by atoms with E-state index in [0.29, 0.717) is 12.5 Å². The van der Waals surface area contributed by atoms with Crippen molar-refractivity contribution in [3.63, 3.8) is 0 Å². The van der Waals surface area contributed by atoms with Crippen molar-refractivity contribution in [2.24, 2.45) is 18.9 Å². The van der Waals surface area contributed by atoms with E-state index in [1.54, 1.807) is 24.5 Å². The lowest BCUT2D eigenvalue weighted by atomic mass is 10.0. The number of thiophene rings is 1. The Labute approximate surface area is 204 Å². The van der Waals surface area contributed by atoms with Gasteiger partial charge < -0.3 is 15.2 Å². The fourth-order valence-corrected chi connectivity index (χ4v) is 6.22. The lowest BCUT2D eigenvalue weighted by Gasteiger charge is -2.17. The van der Waals surface area contributed by atoms with Crippen LogP contribution in [0, 0.1) is 11.8 Å². The van der Waals surface area contributed by atoms with Gasteiger partial charge in [-0.25, -0.2) is 4.98 Å². The number of halogens is 2. The molecule has 3 heterocycles. The van der Waals surface area contributed by atoms with Crippen LogP contribution in [0.3, 0.4) is 0 Å². The highest BCUT2D eigenvalue weighted by atomic mass is 79.9. The van der Waals surface area contributed by atoms with Crippen LogP contribution >= 0.6 is 38.9 Å². The van der Waals surface area contributed by atoms with E-state index in [2.05, 4.69) is 37.6 Å². The molecule has 4 rings (SSSR count). The number of aryl methyl sites for hydroxylation is 1. The van der Waals surface area contributed by atoms with Crippen molar-refractivity contribution in [3.05, 3.63) is 49.8 Å². The van der Waals surface area contributed by atoms with Gasteiger partial charge >= 0.3 is 0 Å². The molecule has 170 valence electrons. The van der Waals surface area contributed by atoms with Crippen molar-refractivity contribution in [2.45, 2.75) is 45.2 Å². The number of nitrogens with zero attached hydrogens (tertiary/aromatic N) is 2. The second-order valence-corrected chi connectivity index (χ2v) is 11.1. The van der Waals surface area contributed by atoms with Crippen LogP contribution in [0.15, 0.2) is 35.1 Å². The molecule has 0 spiro atoms. The molecule has 9 heteroatoms. The molecule has 1 aliphatic rings. The van der Waals surface area contributed by atoms with Gasteiger partial charge in [0.2, 0.25) is 11.8 Å². The Morgan fingerprint density at radius 3 is 2.94 bits per heavy atom. The zero-order valence-electron chi connectivity index (χ0n) is 18.0. The van der Waals surface area contributed by atoms with Gasteiger partial charge in [-0.05, 0) is 78.2 Å². The first-order valence-electron chi connectivity index (χ1n) is 10.7. The average Bonchev–Trinajstić information content (AvgIpc) is 3.46. The van der Waals surface area contributed by atoms with E-state index < -0.39 is 6.04 Å². The molecule has 0 bridgehead atoms. The first-order valence-corrected chi connectivity index (χ1v) is 12.7. The van der Waals surface area contributed by atoms with Gasteiger partial charge in [0.1, 0.15) is 16.0 Å². The summed E-state index contributed by atoms with van der Waals surface area (Å²) in [5.74, 6) is 0.197. The third kappa shape index (κ3) is 5.35.